The number of aryl methyl sites for hydroxylation is 1. The van der Waals surface area contributed by atoms with Crippen LogP contribution in [0.25, 0.3) is 21.8 Å². The summed E-state index contributed by atoms with van der Waals surface area (Å²) in [5, 5.41) is 2.85. The Hall–Kier alpha value is -1.76. The first-order valence-electron chi connectivity index (χ1n) is 7.27. The molecule has 0 bridgehead atoms. The number of nitrogens with zero attached hydrogens (tertiary/aromatic N) is 1. The molecule has 2 aromatic carbocycles. The Balaban J connectivity index is 0.00000110. The molecule has 0 spiro atoms. The van der Waals surface area contributed by atoms with Gasteiger partial charge in [0.15, 0.2) is 0 Å². The van der Waals surface area contributed by atoms with Gasteiger partial charge in [0.25, 0.3) is 0 Å². The quantitative estimate of drug-likeness (QED) is 0.510. The summed E-state index contributed by atoms with van der Waals surface area (Å²) >= 11 is 0. The molecule has 1 heteroatoms. The molecule has 0 saturated carbocycles. The lowest BCUT2D eigenvalue weighted by atomic mass is 9.94. The predicted molar refractivity (Wildman–Crippen MR) is 97.3 cm³/mol. The summed E-state index contributed by atoms with van der Waals surface area (Å²) in [4.78, 5) is 0. The lowest BCUT2D eigenvalue weighted by molar-refractivity contribution is 0.739. The van der Waals surface area contributed by atoms with E-state index in [0.717, 1.165) is 6.54 Å². The third kappa shape index (κ3) is 2.57. The Bertz CT molecular complexity index is 721. The van der Waals surface area contributed by atoms with E-state index in [1.54, 1.807) is 0 Å². The highest BCUT2D eigenvalue weighted by Crippen LogP contribution is 2.35. The summed E-state index contributed by atoms with van der Waals surface area (Å²) in [6, 6.07) is 15.5. The molecule has 3 aromatic rings. The standard InChI is InChI=1S/C18H21N.2CH4/c1-4-13(3)14-10-8-12-17-18(14)15-9-6-7-11-16(15)19(17)5-2;;/h6-13H,4-5H2,1-3H3;2*1H4. The van der Waals surface area contributed by atoms with Crippen LogP contribution >= 0.6 is 0 Å². The summed E-state index contributed by atoms with van der Waals surface area (Å²) < 4.78 is 2.43. The molecule has 1 atom stereocenters. The molecule has 0 radical (unpaired) electrons. The van der Waals surface area contributed by atoms with Crippen LogP contribution in [-0.2, 0) is 6.54 Å². The molecule has 0 fully saturated rings. The summed E-state index contributed by atoms with van der Waals surface area (Å²) in [6.45, 7) is 7.84. The van der Waals surface area contributed by atoms with Crippen molar-refractivity contribution < 1.29 is 0 Å². The van der Waals surface area contributed by atoms with Gasteiger partial charge < -0.3 is 4.57 Å². The highest BCUT2D eigenvalue weighted by Gasteiger charge is 2.14. The minimum Gasteiger partial charge on any atom is -0.341 e. The third-order valence-electron chi connectivity index (χ3n) is 4.29. The van der Waals surface area contributed by atoms with Crippen LogP contribution in [0.1, 0.15) is 53.5 Å². The zero-order chi connectivity index (χ0) is 13.4. The molecule has 1 unspecified atom stereocenters. The van der Waals surface area contributed by atoms with Crippen LogP contribution in [0.15, 0.2) is 42.5 Å². The average molecular weight is 283 g/mol. The van der Waals surface area contributed by atoms with Crippen molar-refractivity contribution in [1.29, 1.82) is 0 Å². The van der Waals surface area contributed by atoms with E-state index < -0.39 is 0 Å². The van der Waals surface area contributed by atoms with Gasteiger partial charge in [0.1, 0.15) is 0 Å². The van der Waals surface area contributed by atoms with E-state index in [4.69, 9.17) is 0 Å². The van der Waals surface area contributed by atoms with Gasteiger partial charge in [0, 0.05) is 28.4 Å². The molecule has 0 aliphatic rings. The van der Waals surface area contributed by atoms with Gasteiger partial charge in [0.05, 0.1) is 0 Å². The van der Waals surface area contributed by atoms with Crippen molar-refractivity contribution in [3.05, 3.63) is 48.0 Å². The van der Waals surface area contributed by atoms with Crippen molar-refractivity contribution in [2.45, 2.75) is 54.5 Å². The van der Waals surface area contributed by atoms with Gasteiger partial charge in [-0.2, -0.15) is 0 Å². The van der Waals surface area contributed by atoms with E-state index in [1.165, 1.54) is 33.8 Å². The van der Waals surface area contributed by atoms with Crippen LogP contribution in [-0.4, -0.2) is 4.57 Å². The van der Waals surface area contributed by atoms with Crippen molar-refractivity contribution in [2.24, 2.45) is 0 Å². The Morgan fingerprint density at radius 2 is 1.57 bits per heavy atom. The molecule has 21 heavy (non-hydrogen) atoms. The van der Waals surface area contributed by atoms with Gasteiger partial charge in [-0.1, -0.05) is 59.0 Å². The number of hydrogen-bond donors (Lipinski definition) is 0. The number of hydrogen-bond acceptors (Lipinski definition) is 0. The number of fused-ring (bicyclic) bond motifs is 3. The molecule has 0 saturated heterocycles. The number of aromatic nitrogens is 1. The van der Waals surface area contributed by atoms with Crippen molar-refractivity contribution >= 4 is 21.8 Å². The predicted octanol–water partition coefficient (Wildman–Crippen LogP) is 6.60. The smallest absolute Gasteiger partial charge is 0.0494 e. The highest BCUT2D eigenvalue weighted by atomic mass is 15.0. The molecule has 0 aliphatic carbocycles. The van der Waals surface area contributed by atoms with Gasteiger partial charge in [-0.05, 0) is 37.0 Å². The molecule has 3 rings (SSSR count). The maximum atomic E-state index is 2.43. The van der Waals surface area contributed by atoms with Crippen LogP contribution in [0.2, 0.25) is 0 Å². The van der Waals surface area contributed by atoms with E-state index in [2.05, 4.69) is 67.8 Å². The van der Waals surface area contributed by atoms with Crippen molar-refractivity contribution in [1.82, 2.24) is 4.57 Å². The lowest BCUT2D eigenvalue weighted by Crippen LogP contribution is -1.95. The second-order valence-electron chi connectivity index (χ2n) is 5.31. The molecule has 114 valence electrons. The SMILES string of the molecule is C.C.CCC(C)c1cccc2c1c1ccccc1n2CC. The van der Waals surface area contributed by atoms with Crippen LogP contribution < -0.4 is 0 Å². The molecular weight excluding hydrogens is 254 g/mol. The molecule has 0 aliphatic heterocycles. The second kappa shape index (κ2) is 6.80. The van der Waals surface area contributed by atoms with Crippen molar-refractivity contribution in [3.8, 4) is 0 Å². The molecule has 1 nitrogen and oxygen atoms in total. The second-order valence-corrected chi connectivity index (χ2v) is 5.31. The summed E-state index contributed by atoms with van der Waals surface area (Å²) in [6.07, 6.45) is 1.19. The molecule has 0 amide bonds. The molecule has 1 heterocycles. The largest absolute Gasteiger partial charge is 0.341 e. The zero-order valence-electron chi connectivity index (χ0n) is 12.0. The van der Waals surface area contributed by atoms with Gasteiger partial charge in [-0.25, -0.2) is 0 Å². The number of rotatable bonds is 3. The van der Waals surface area contributed by atoms with E-state index in [0.29, 0.717) is 5.92 Å². The van der Waals surface area contributed by atoms with E-state index >= 15 is 0 Å². The highest BCUT2D eigenvalue weighted by molar-refractivity contribution is 6.09. The van der Waals surface area contributed by atoms with E-state index in [9.17, 15) is 0 Å². The summed E-state index contributed by atoms with van der Waals surface area (Å²) in [7, 11) is 0. The molecule has 0 N–H and O–H groups in total. The van der Waals surface area contributed by atoms with Crippen molar-refractivity contribution in [2.75, 3.05) is 0 Å². The zero-order valence-corrected chi connectivity index (χ0v) is 12.0. The van der Waals surface area contributed by atoms with Gasteiger partial charge >= 0.3 is 0 Å². The normalized spacial score (nSPS) is 12.0. The summed E-state index contributed by atoms with van der Waals surface area (Å²) in [5.41, 5.74) is 4.22. The Labute approximate surface area is 129 Å². The number of para-hydroxylation sites is 1. The maximum absolute atomic E-state index is 2.43. The van der Waals surface area contributed by atoms with Gasteiger partial charge in [-0.3, -0.25) is 0 Å². The molecule has 1 aromatic heterocycles. The van der Waals surface area contributed by atoms with Crippen LogP contribution in [0, 0.1) is 0 Å². The number of benzene rings is 2. The first-order valence-corrected chi connectivity index (χ1v) is 7.27. The summed E-state index contributed by atoms with van der Waals surface area (Å²) in [5.74, 6) is 0.611. The minimum atomic E-state index is 0. The van der Waals surface area contributed by atoms with Gasteiger partial charge in [0.2, 0.25) is 0 Å². The van der Waals surface area contributed by atoms with Gasteiger partial charge in [-0.15, -0.1) is 0 Å². The van der Waals surface area contributed by atoms with E-state index in [-0.39, 0.29) is 14.9 Å². The Kier molecular flexibility index (Phi) is 5.60. The maximum Gasteiger partial charge on any atom is 0.0494 e. The monoisotopic (exact) mass is 283 g/mol. The third-order valence-corrected chi connectivity index (χ3v) is 4.29. The fourth-order valence-corrected chi connectivity index (χ4v) is 3.10. The average Bonchev–Trinajstić information content (AvgIpc) is 2.80. The van der Waals surface area contributed by atoms with Crippen LogP contribution in [0.5, 0.6) is 0 Å². The Morgan fingerprint density at radius 3 is 2.24 bits per heavy atom. The first-order chi connectivity index (χ1) is 9.27. The van der Waals surface area contributed by atoms with Crippen LogP contribution in [0.4, 0.5) is 0 Å². The minimum absolute atomic E-state index is 0. The topological polar surface area (TPSA) is 4.93 Å². The first kappa shape index (κ1) is 17.3. The fourth-order valence-electron chi connectivity index (χ4n) is 3.10. The van der Waals surface area contributed by atoms with Crippen LogP contribution in [0.3, 0.4) is 0 Å². The van der Waals surface area contributed by atoms with Crippen molar-refractivity contribution in [3.63, 3.8) is 0 Å². The fraction of sp³-hybridized carbons (Fsp3) is 0.400. The Morgan fingerprint density at radius 1 is 0.905 bits per heavy atom. The molecular formula is C20H29N. The lowest BCUT2D eigenvalue weighted by Gasteiger charge is -2.11. The van der Waals surface area contributed by atoms with E-state index in [1.807, 2.05) is 0 Å².